The van der Waals surface area contributed by atoms with Gasteiger partial charge in [0.15, 0.2) is 0 Å². The molecule has 0 aliphatic carbocycles. The zero-order valence-electron chi connectivity index (χ0n) is 13.2. The van der Waals surface area contributed by atoms with Crippen LogP contribution < -0.4 is 0 Å². The molecule has 0 aromatic heterocycles. The highest BCUT2D eigenvalue weighted by atomic mass is 16.5. The molecule has 0 radical (unpaired) electrons. The van der Waals surface area contributed by atoms with E-state index in [1.54, 1.807) is 18.4 Å². The number of ether oxygens (including phenoxy) is 1. The Kier molecular flexibility index (Phi) is 12.2. The molecule has 0 rings (SSSR count). The molecule has 0 amide bonds. The lowest BCUT2D eigenvalue weighted by Crippen LogP contribution is -2.20. The fourth-order valence-electron chi connectivity index (χ4n) is 1.67. The number of rotatable bonds is 11. The van der Waals surface area contributed by atoms with Gasteiger partial charge in [0, 0.05) is 13.1 Å². The van der Waals surface area contributed by atoms with Gasteiger partial charge in [0.2, 0.25) is 0 Å². The molecule has 21 heavy (non-hydrogen) atoms. The van der Waals surface area contributed by atoms with E-state index in [9.17, 15) is 4.79 Å². The molecule has 0 spiro atoms. The summed E-state index contributed by atoms with van der Waals surface area (Å²) < 4.78 is 5.14. The summed E-state index contributed by atoms with van der Waals surface area (Å²) in [5.74, 6) is 1.89. The summed E-state index contributed by atoms with van der Waals surface area (Å²) in [6, 6.07) is 0. The van der Waals surface area contributed by atoms with Crippen molar-refractivity contribution in [3.63, 3.8) is 0 Å². The van der Waals surface area contributed by atoms with Crippen LogP contribution in [0.2, 0.25) is 0 Å². The van der Waals surface area contributed by atoms with Gasteiger partial charge in [-0.25, -0.2) is 4.79 Å². The highest BCUT2D eigenvalue weighted by Crippen LogP contribution is 2.02. The van der Waals surface area contributed by atoms with Gasteiger partial charge in [0.1, 0.15) is 5.57 Å². The van der Waals surface area contributed by atoms with Crippen LogP contribution in [0.5, 0.6) is 0 Å². The minimum absolute atomic E-state index is 0.0870. The van der Waals surface area contributed by atoms with Crippen molar-refractivity contribution in [3.8, 4) is 12.3 Å². The predicted octanol–water partition coefficient (Wildman–Crippen LogP) is 2.50. The van der Waals surface area contributed by atoms with Crippen molar-refractivity contribution < 1.29 is 14.6 Å². The Morgan fingerprint density at radius 1 is 1.33 bits per heavy atom. The van der Waals surface area contributed by atoms with Gasteiger partial charge in [0.05, 0.1) is 13.2 Å². The van der Waals surface area contributed by atoms with E-state index in [1.165, 1.54) is 0 Å². The monoisotopic (exact) mass is 293 g/mol. The van der Waals surface area contributed by atoms with E-state index in [-0.39, 0.29) is 12.2 Å². The number of likely N-dealkylation sites (N-methyl/N-ethyl adjacent to an activating group) is 1. The summed E-state index contributed by atoms with van der Waals surface area (Å²) >= 11 is 0. The normalized spacial score (nSPS) is 11.4. The second-order valence-corrected chi connectivity index (χ2v) is 4.61. The van der Waals surface area contributed by atoms with Crippen LogP contribution in [0.3, 0.4) is 0 Å². The van der Waals surface area contributed by atoms with E-state index >= 15 is 0 Å². The second-order valence-electron chi connectivity index (χ2n) is 4.61. The third-order valence-corrected chi connectivity index (χ3v) is 2.96. The van der Waals surface area contributed by atoms with E-state index in [0.29, 0.717) is 13.2 Å². The molecule has 0 aliphatic rings. The van der Waals surface area contributed by atoms with Crippen LogP contribution in [0.4, 0.5) is 0 Å². The smallest absolute Gasteiger partial charge is 0.346 e. The van der Waals surface area contributed by atoms with Crippen molar-refractivity contribution in [3.05, 3.63) is 23.9 Å². The van der Waals surface area contributed by atoms with Crippen LogP contribution in [0.1, 0.15) is 39.5 Å². The lowest BCUT2D eigenvalue weighted by molar-refractivity contribution is -0.138. The van der Waals surface area contributed by atoms with E-state index in [1.807, 2.05) is 11.8 Å². The van der Waals surface area contributed by atoms with E-state index in [0.717, 1.165) is 32.2 Å². The molecule has 0 saturated heterocycles. The average molecular weight is 293 g/mol. The fraction of sp³-hybridized carbons (Fsp3) is 0.588. The maximum Gasteiger partial charge on any atom is 0.346 e. The number of hydrogen-bond acceptors (Lipinski definition) is 4. The SMILES string of the molecule is C#CC(=CC=CN(CC)CCO)C(=O)OCCCCCC. The summed E-state index contributed by atoms with van der Waals surface area (Å²) in [6.45, 7) is 5.94. The van der Waals surface area contributed by atoms with E-state index in [4.69, 9.17) is 16.3 Å². The Labute approximate surface area is 128 Å². The highest BCUT2D eigenvalue weighted by molar-refractivity contribution is 5.93. The van der Waals surface area contributed by atoms with Crippen molar-refractivity contribution in [2.75, 3.05) is 26.3 Å². The zero-order chi connectivity index (χ0) is 15.9. The summed E-state index contributed by atoms with van der Waals surface area (Å²) in [7, 11) is 0. The lowest BCUT2D eigenvalue weighted by atomic mass is 10.2. The lowest BCUT2D eigenvalue weighted by Gasteiger charge is -2.15. The van der Waals surface area contributed by atoms with Gasteiger partial charge in [-0.2, -0.15) is 0 Å². The molecule has 0 unspecified atom stereocenters. The molecule has 0 bridgehead atoms. The van der Waals surface area contributed by atoms with Crippen molar-refractivity contribution in [1.82, 2.24) is 4.90 Å². The van der Waals surface area contributed by atoms with Crippen molar-refractivity contribution in [2.45, 2.75) is 39.5 Å². The number of aliphatic hydroxyl groups excluding tert-OH is 1. The maximum atomic E-state index is 11.8. The minimum atomic E-state index is -0.455. The predicted molar refractivity (Wildman–Crippen MR) is 85.5 cm³/mol. The van der Waals surface area contributed by atoms with Crippen molar-refractivity contribution in [1.29, 1.82) is 0 Å². The number of hydrogen-bond donors (Lipinski definition) is 1. The highest BCUT2D eigenvalue weighted by Gasteiger charge is 2.06. The van der Waals surface area contributed by atoms with Gasteiger partial charge in [-0.1, -0.05) is 32.1 Å². The van der Waals surface area contributed by atoms with E-state index < -0.39 is 5.97 Å². The number of esters is 1. The minimum Gasteiger partial charge on any atom is -0.462 e. The van der Waals surface area contributed by atoms with Crippen LogP contribution in [-0.4, -0.2) is 42.3 Å². The molecule has 0 fully saturated rings. The van der Waals surface area contributed by atoms with Gasteiger partial charge in [0.25, 0.3) is 0 Å². The van der Waals surface area contributed by atoms with Crippen LogP contribution in [-0.2, 0) is 9.53 Å². The fourth-order valence-corrected chi connectivity index (χ4v) is 1.67. The van der Waals surface area contributed by atoms with Crippen LogP contribution in [0.25, 0.3) is 0 Å². The maximum absolute atomic E-state index is 11.8. The molecule has 1 N–H and O–H groups in total. The van der Waals surface area contributed by atoms with Crippen molar-refractivity contribution in [2.24, 2.45) is 0 Å². The van der Waals surface area contributed by atoms with Gasteiger partial charge in [-0.3, -0.25) is 0 Å². The van der Waals surface area contributed by atoms with Crippen LogP contribution >= 0.6 is 0 Å². The van der Waals surface area contributed by atoms with Crippen LogP contribution in [0.15, 0.2) is 23.9 Å². The number of terminal acetylenes is 1. The quantitative estimate of drug-likeness (QED) is 0.209. The average Bonchev–Trinajstić information content (AvgIpc) is 2.50. The topological polar surface area (TPSA) is 49.8 Å². The Hall–Kier alpha value is -1.73. The molecule has 0 aromatic carbocycles. The molecular weight excluding hydrogens is 266 g/mol. The van der Waals surface area contributed by atoms with E-state index in [2.05, 4.69) is 12.8 Å². The molecule has 0 aromatic rings. The number of aliphatic hydroxyl groups is 1. The number of allylic oxidation sites excluding steroid dienone is 2. The largest absolute Gasteiger partial charge is 0.462 e. The molecule has 4 nitrogen and oxygen atoms in total. The third-order valence-electron chi connectivity index (χ3n) is 2.96. The number of nitrogens with zero attached hydrogens (tertiary/aromatic N) is 1. The Balaban J connectivity index is 4.28. The standard InChI is InChI=1S/C17H27NO3/c1-4-7-8-9-15-21-17(20)16(5-2)11-10-12-18(6-3)13-14-19/h2,10-12,19H,4,6-9,13-15H2,1,3H3. The first-order valence-electron chi connectivity index (χ1n) is 7.56. The zero-order valence-corrected chi connectivity index (χ0v) is 13.2. The van der Waals surface area contributed by atoms with Crippen molar-refractivity contribution >= 4 is 5.97 Å². The number of carbonyl (C=O) groups excluding carboxylic acids is 1. The second kappa shape index (κ2) is 13.3. The molecule has 0 heterocycles. The molecule has 118 valence electrons. The molecule has 0 atom stereocenters. The molecular formula is C17H27NO3. The summed E-state index contributed by atoms with van der Waals surface area (Å²) in [4.78, 5) is 13.7. The summed E-state index contributed by atoms with van der Waals surface area (Å²) in [5, 5.41) is 8.87. The molecule has 0 aliphatic heterocycles. The first kappa shape index (κ1) is 19.3. The summed E-state index contributed by atoms with van der Waals surface area (Å²) in [6.07, 6.45) is 14.6. The van der Waals surface area contributed by atoms with Gasteiger partial charge in [-0.05, 0) is 31.7 Å². The molecule has 4 heteroatoms. The Morgan fingerprint density at radius 3 is 2.67 bits per heavy atom. The first-order valence-corrected chi connectivity index (χ1v) is 7.56. The van der Waals surface area contributed by atoms with Gasteiger partial charge >= 0.3 is 5.97 Å². The summed E-state index contributed by atoms with van der Waals surface area (Å²) in [5.41, 5.74) is 0.210. The van der Waals surface area contributed by atoms with Gasteiger partial charge < -0.3 is 14.7 Å². The first-order chi connectivity index (χ1) is 10.2. The number of unbranched alkanes of at least 4 members (excludes halogenated alkanes) is 3. The third kappa shape index (κ3) is 9.75. The Morgan fingerprint density at radius 2 is 2.10 bits per heavy atom. The van der Waals surface area contributed by atoms with Gasteiger partial charge in [-0.15, -0.1) is 6.42 Å². The Bertz CT molecular complexity index is 380. The molecule has 0 saturated carbocycles. The van der Waals surface area contributed by atoms with Crippen LogP contribution in [0, 0.1) is 12.3 Å². The number of carbonyl (C=O) groups is 1.